The number of rotatable bonds is 4. The van der Waals surface area contributed by atoms with Gasteiger partial charge in [-0.05, 0) is 0 Å². The van der Waals surface area contributed by atoms with E-state index in [-0.39, 0.29) is 6.61 Å². The highest BCUT2D eigenvalue weighted by molar-refractivity contribution is 6.32. The van der Waals surface area contributed by atoms with Crippen molar-refractivity contribution in [1.82, 2.24) is 24.5 Å². The van der Waals surface area contributed by atoms with E-state index >= 15 is 0 Å². The first-order valence-electron chi connectivity index (χ1n) is 5.39. The molecule has 2 rings (SSSR count). The molecule has 0 aliphatic carbocycles. The Balaban J connectivity index is 2.49. The summed E-state index contributed by atoms with van der Waals surface area (Å²) in [5.41, 5.74) is 0.592. The second-order valence-corrected chi connectivity index (χ2v) is 4.06. The largest absolute Gasteiger partial charge is 0.394 e. The van der Waals surface area contributed by atoms with E-state index in [2.05, 4.69) is 15.2 Å². The highest BCUT2D eigenvalue weighted by Gasteiger charge is 2.16. The molecule has 0 saturated heterocycles. The van der Waals surface area contributed by atoms with E-state index in [4.69, 9.17) is 16.7 Å². The molecular formula is C10H14ClN5O. The van der Waals surface area contributed by atoms with Crippen LogP contribution in [0.2, 0.25) is 5.02 Å². The summed E-state index contributed by atoms with van der Waals surface area (Å²) in [7, 11) is 1.79. The van der Waals surface area contributed by atoms with E-state index in [1.807, 2.05) is 6.92 Å². The highest BCUT2D eigenvalue weighted by Crippen LogP contribution is 2.24. The fourth-order valence-corrected chi connectivity index (χ4v) is 1.84. The molecule has 17 heavy (non-hydrogen) atoms. The van der Waals surface area contributed by atoms with Gasteiger partial charge in [0.05, 0.1) is 18.2 Å². The van der Waals surface area contributed by atoms with E-state index < -0.39 is 0 Å². The Morgan fingerprint density at radius 1 is 1.41 bits per heavy atom. The Bertz CT molecular complexity index is 519. The van der Waals surface area contributed by atoms with Crippen LogP contribution in [0.3, 0.4) is 0 Å². The summed E-state index contributed by atoms with van der Waals surface area (Å²) in [6.45, 7) is 2.36. The summed E-state index contributed by atoms with van der Waals surface area (Å²) in [5.74, 6) is 1.32. The van der Waals surface area contributed by atoms with Crippen LogP contribution in [0.5, 0.6) is 0 Å². The lowest BCUT2D eigenvalue weighted by molar-refractivity contribution is 0.270. The number of aliphatic hydroxyl groups excluding tert-OH is 1. The first kappa shape index (κ1) is 12.1. The van der Waals surface area contributed by atoms with E-state index in [1.54, 1.807) is 22.6 Å². The fourth-order valence-electron chi connectivity index (χ4n) is 1.58. The molecule has 92 valence electrons. The van der Waals surface area contributed by atoms with Gasteiger partial charge in [-0.3, -0.25) is 4.68 Å². The minimum atomic E-state index is 0.00394. The molecule has 2 aromatic rings. The quantitative estimate of drug-likeness (QED) is 0.881. The molecule has 0 aliphatic rings. The molecule has 0 spiro atoms. The van der Waals surface area contributed by atoms with Gasteiger partial charge in [-0.25, -0.2) is 9.67 Å². The number of halogens is 1. The first-order valence-corrected chi connectivity index (χ1v) is 5.77. The maximum atomic E-state index is 9.00. The van der Waals surface area contributed by atoms with Crippen molar-refractivity contribution in [3.63, 3.8) is 0 Å². The predicted molar refractivity (Wildman–Crippen MR) is 63.7 cm³/mol. The molecule has 0 aromatic carbocycles. The molecular weight excluding hydrogens is 242 g/mol. The van der Waals surface area contributed by atoms with Gasteiger partial charge in [-0.2, -0.15) is 10.2 Å². The molecule has 0 unspecified atom stereocenters. The van der Waals surface area contributed by atoms with Crippen LogP contribution in [0.4, 0.5) is 0 Å². The normalized spacial score (nSPS) is 11.1. The molecule has 7 heteroatoms. The Labute approximate surface area is 104 Å². The van der Waals surface area contributed by atoms with Crippen LogP contribution in [0, 0.1) is 0 Å². The van der Waals surface area contributed by atoms with Crippen LogP contribution < -0.4 is 0 Å². The molecule has 1 N–H and O–H groups in total. The Kier molecular flexibility index (Phi) is 3.44. The molecule has 2 heterocycles. The molecule has 0 fully saturated rings. The van der Waals surface area contributed by atoms with Crippen LogP contribution in [0.15, 0.2) is 6.20 Å². The van der Waals surface area contributed by atoms with Crippen molar-refractivity contribution in [3.8, 4) is 11.5 Å². The van der Waals surface area contributed by atoms with Crippen LogP contribution in [-0.2, 0) is 20.0 Å². The van der Waals surface area contributed by atoms with Crippen molar-refractivity contribution in [2.45, 2.75) is 19.9 Å². The molecule has 0 bridgehead atoms. The molecule has 2 aromatic heterocycles. The Hall–Kier alpha value is -1.40. The van der Waals surface area contributed by atoms with Gasteiger partial charge < -0.3 is 5.11 Å². The zero-order valence-electron chi connectivity index (χ0n) is 9.76. The van der Waals surface area contributed by atoms with Gasteiger partial charge in [0.1, 0.15) is 5.69 Å². The number of aryl methyl sites for hydroxylation is 2. The molecule has 0 amide bonds. The number of hydrogen-bond donors (Lipinski definition) is 1. The predicted octanol–water partition coefficient (Wildman–Crippen LogP) is 0.887. The maximum absolute atomic E-state index is 9.00. The fraction of sp³-hybridized carbons (Fsp3) is 0.500. The van der Waals surface area contributed by atoms with Gasteiger partial charge in [0.15, 0.2) is 11.6 Å². The molecule has 0 atom stereocenters. The summed E-state index contributed by atoms with van der Waals surface area (Å²) in [6, 6.07) is 0. The number of aliphatic hydroxyl groups is 1. The van der Waals surface area contributed by atoms with Crippen LogP contribution in [-0.4, -0.2) is 36.3 Å². The number of hydrogen-bond acceptors (Lipinski definition) is 4. The SMILES string of the molecule is CCc1nc(-c2nn(C)cc2Cl)n(CCO)n1. The van der Waals surface area contributed by atoms with E-state index in [9.17, 15) is 0 Å². The average Bonchev–Trinajstić information content (AvgIpc) is 2.82. The minimum absolute atomic E-state index is 0.00394. The number of nitrogens with zero attached hydrogens (tertiary/aromatic N) is 5. The van der Waals surface area contributed by atoms with Crippen molar-refractivity contribution in [1.29, 1.82) is 0 Å². The molecule has 0 radical (unpaired) electrons. The minimum Gasteiger partial charge on any atom is -0.394 e. The molecule has 6 nitrogen and oxygen atoms in total. The van der Waals surface area contributed by atoms with Crippen molar-refractivity contribution >= 4 is 11.6 Å². The first-order chi connectivity index (χ1) is 8.15. The van der Waals surface area contributed by atoms with Crippen molar-refractivity contribution in [2.75, 3.05) is 6.61 Å². The second-order valence-electron chi connectivity index (χ2n) is 3.65. The van der Waals surface area contributed by atoms with Gasteiger partial charge in [0.2, 0.25) is 0 Å². The van der Waals surface area contributed by atoms with Gasteiger partial charge >= 0.3 is 0 Å². The Morgan fingerprint density at radius 2 is 2.18 bits per heavy atom. The van der Waals surface area contributed by atoms with Gasteiger partial charge in [-0.15, -0.1) is 0 Å². The molecule has 0 saturated carbocycles. The zero-order chi connectivity index (χ0) is 12.4. The van der Waals surface area contributed by atoms with Gasteiger partial charge in [0, 0.05) is 19.7 Å². The van der Waals surface area contributed by atoms with Crippen LogP contribution in [0.1, 0.15) is 12.7 Å². The molecule has 0 aliphatic heterocycles. The smallest absolute Gasteiger partial charge is 0.180 e. The van der Waals surface area contributed by atoms with Gasteiger partial charge in [-0.1, -0.05) is 18.5 Å². The zero-order valence-corrected chi connectivity index (χ0v) is 10.5. The maximum Gasteiger partial charge on any atom is 0.180 e. The lowest BCUT2D eigenvalue weighted by Gasteiger charge is -2.00. The third-order valence-corrected chi connectivity index (χ3v) is 2.62. The van der Waals surface area contributed by atoms with Gasteiger partial charge in [0.25, 0.3) is 0 Å². The Morgan fingerprint density at radius 3 is 2.71 bits per heavy atom. The van der Waals surface area contributed by atoms with E-state index in [1.165, 1.54) is 0 Å². The summed E-state index contributed by atoms with van der Waals surface area (Å²) < 4.78 is 3.26. The van der Waals surface area contributed by atoms with Crippen molar-refractivity contribution < 1.29 is 5.11 Å². The second kappa shape index (κ2) is 4.85. The van der Waals surface area contributed by atoms with E-state index in [0.717, 1.165) is 12.2 Å². The van der Waals surface area contributed by atoms with Crippen LogP contribution in [0.25, 0.3) is 11.5 Å². The van der Waals surface area contributed by atoms with E-state index in [0.29, 0.717) is 23.1 Å². The van der Waals surface area contributed by atoms with Crippen LogP contribution >= 0.6 is 11.6 Å². The number of aromatic nitrogens is 5. The summed E-state index contributed by atoms with van der Waals surface area (Å²) >= 11 is 6.08. The summed E-state index contributed by atoms with van der Waals surface area (Å²) in [4.78, 5) is 4.37. The van der Waals surface area contributed by atoms with Crippen molar-refractivity contribution in [2.24, 2.45) is 7.05 Å². The topological polar surface area (TPSA) is 68.8 Å². The third kappa shape index (κ3) is 2.32. The monoisotopic (exact) mass is 255 g/mol. The summed E-state index contributed by atoms with van der Waals surface area (Å²) in [5, 5.41) is 18.1. The average molecular weight is 256 g/mol. The lowest BCUT2D eigenvalue weighted by atomic mass is 10.4. The highest BCUT2D eigenvalue weighted by atomic mass is 35.5. The summed E-state index contributed by atoms with van der Waals surface area (Å²) in [6.07, 6.45) is 2.44. The van der Waals surface area contributed by atoms with Crippen molar-refractivity contribution in [3.05, 3.63) is 17.0 Å². The third-order valence-electron chi connectivity index (χ3n) is 2.34. The standard InChI is InChI=1S/C10H14ClN5O/c1-3-8-12-10(16(13-8)4-5-17)9-7(11)6-15(2)14-9/h6,17H,3-5H2,1-2H3. The lowest BCUT2D eigenvalue weighted by Crippen LogP contribution is -2.06.